The lowest BCUT2D eigenvalue weighted by atomic mass is 10.1. The van der Waals surface area contributed by atoms with Gasteiger partial charge < -0.3 is 5.11 Å². The summed E-state index contributed by atoms with van der Waals surface area (Å²) in [6, 6.07) is 5.08. The Kier molecular flexibility index (Phi) is 4.67. The van der Waals surface area contributed by atoms with Gasteiger partial charge in [0.2, 0.25) is 10.0 Å². The summed E-state index contributed by atoms with van der Waals surface area (Å²) in [6.45, 7) is 1.81. The van der Waals surface area contributed by atoms with Crippen LogP contribution >= 0.6 is 0 Å². The quantitative estimate of drug-likeness (QED) is 0.819. The zero-order valence-corrected chi connectivity index (χ0v) is 12.7. The van der Waals surface area contributed by atoms with Crippen molar-refractivity contribution in [1.29, 1.82) is 0 Å². The van der Waals surface area contributed by atoms with E-state index in [9.17, 15) is 13.2 Å². The van der Waals surface area contributed by atoms with Crippen LogP contribution in [-0.2, 0) is 14.8 Å². The van der Waals surface area contributed by atoms with Gasteiger partial charge in [0.25, 0.3) is 0 Å². The van der Waals surface area contributed by atoms with E-state index in [2.05, 4.69) is 4.72 Å². The van der Waals surface area contributed by atoms with Gasteiger partial charge in [-0.25, -0.2) is 13.2 Å². The first-order valence-corrected chi connectivity index (χ1v) is 8.46. The molecule has 21 heavy (non-hydrogen) atoms. The third kappa shape index (κ3) is 4.07. The fourth-order valence-corrected chi connectivity index (χ4v) is 4.11. The van der Waals surface area contributed by atoms with E-state index in [1.54, 1.807) is 18.2 Å². The number of carbonyl (C=O) groups is 1. The Morgan fingerprint density at radius 1 is 1.33 bits per heavy atom. The Bertz CT molecular complexity index is 658. The minimum atomic E-state index is -3.33. The second kappa shape index (κ2) is 6.30. The molecule has 2 N–H and O–H groups in total. The topological polar surface area (TPSA) is 83.5 Å². The maximum atomic E-state index is 12.2. The van der Waals surface area contributed by atoms with Crippen LogP contribution in [0.4, 0.5) is 5.69 Å². The number of aliphatic carboxylic acids is 1. The highest BCUT2D eigenvalue weighted by molar-refractivity contribution is 7.93. The van der Waals surface area contributed by atoms with Gasteiger partial charge in [0, 0.05) is 11.8 Å². The van der Waals surface area contributed by atoms with Crippen LogP contribution < -0.4 is 4.72 Å². The lowest BCUT2D eigenvalue weighted by Gasteiger charge is -2.14. The summed E-state index contributed by atoms with van der Waals surface area (Å²) in [7, 11) is -3.33. The number of nitrogens with one attached hydrogen (secondary N) is 1. The highest BCUT2D eigenvalue weighted by Gasteiger charge is 2.28. The van der Waals surface area contributed by atoms with Crippen molar-refractivity contribution in [3.05, 3.63) is 35.4 Å². The van der Waals surface area contributed by atoms with Gasteiger partial charge in [0.05, 0.1) is 5.25 Å². The second-order valence-electron chi connectivity index (χ2n) is 5.30. The molecule has 0 saturated heterocycles. The molecule has 1 aromatic rings. The monoisotopic (exact) mass is 309 g/mol. The van der Waals surface area contributed by atoms with Gasteiger partial charge >= 0.3 is 5.97 Å². The number of sulfonamides is 1. The van der Waals surface area contributed by atoms with Crippen LogP contribution in [-0.4, -0.2) is 24.7 Å². The molecule has 5 nitrogen and oxygen atoms in total. The van der Waals surface area contributed by atoms with Crippen molar-refractivity contribution in [3.63, 3.8) is 0 Å². The summed E-state index contributed by atoms with van der Waals surface area (Å²) in [6.07, 6.45) is 5.91. The number of carboxylic acids is 1. The zero-order chi connectivity index (χ0) is 15.5. The molecule has 2 rings (SSSR count). The average Bonchev–Trinajstić information content (AvgIpc) is 2.91. The fourth-order valence-electron chi connectivity index (χ4n) is 2.53. The van der Waals surface area contributed by atoms with Crippen molar-refractivity contribution in [3.8, 4) is 0 Å². The van der Waals surface area contributed by atoms with Crippen molar-refractivity contribution in [2.75, 3.05) is 4.72 Å². The van der Waals surface area contributed by atoms with Gasteiger partial charge in [-0.05, 0) is 49.1 Å². The van der Waals surface area contributed by atoms with Crippen LogP contribution in [0.25, 0.3) is 6.08 Å². The van der Waals surface area contributed by atoms with Crippen molar-refractivity contribution in [2.45, 2.75) is 37.9 Å². The molecule has 1 aromatic carbocycles. The van der Waals surface area contributed by atoms with Crippen LogP contribution in [0.1, 0.15) is 36.8 Å². The summed E-state index contributed by atoms with van der Waals surface area (Å²) >= 11 is 0. The molecule has 0 unspecified atom stereocenters. The molecule has 0 aliphatic heterocycles. The molecule has 1 saturated carbocycles. The molecule has 0 aromatic heterocycles. The largest absolute Gasteiger partial charge is 0.478 e. The number of aryl methyl sites for hydroxylation is 1. The molecule has 0 atom stereocenters. The van der Waals surface area contributed by atoms with Crippen LogP contribution in [0.3, 0.4) is 0 Å². The van der Waals surface area contributed by atoms with E-state index in [4.69, 9.17) is 5.11 Å². The molecule has 0 amide bonds. The third-order valence-corrected chi connectivity index (χ3v) is 5.55. The number of carboxylic acid groups (broad SMARTS) is 1. The minimum Gasteiger partial charge on any atom is -0.478 e. The van der Waals surface area contributed by atoms with E-state index >= 15 is 0 Å². The van der Waals surface area contributed by atoms with E-state index in [-0.39, 0.29) is 5.25 Å². The first kappa shape index (κ1) is 15.6. The van der Waals surface area contributed by atoms with Crippen LogP contribution in [0, 0.1) is 6.92 Å². The normalized spacial score (nSPS) is 16.4. The van der Waals surface area contributed by atoms with Crippen molar-refractivity contribution in [2.24, 2.45) is 0 Å². The molecule has 1 aliphatic carbocycles. The molecule has 0 spiro atoms. The first-order valence-electron chi connectivity index (χ1n) is 6.92. The molecular weight excluding hydrogens is 290 g/mol. The van der Waals surface area contributed by atoms with Gasteiger partial charge in [0.15, 0.2) is 0 Å². The SMILES string of the molecule is Cc1cc(NS(=O)(=O)C2CCCC2)ccc1/C=C/C(=O)O. The van der Waals surface area contributed by atoms with Gasteiger partial charge in [0.1, 0.15) is 0 Å². The molecule has 1 fully saturated rings. The molecule has 0 bridgehead atoms. The van der Waals surface area contributed by atoms with Gasteiger partial charge in [-0.2, -0.15) is 0 Å². The van der Waals surface area contributed by atoms with E-state index in [1.165, 1.54) is 6.08 Å². The number of hydrogen-bond donors (Lipinski definition) is 2. The fraction of sp³-hybridized carbons (Fsp3) is 0.400. The van der Waals surface area contributed by atoms with E-state index < -0.39 is 16.0 Å². The minimum absolute atomic E-state index is 0.301. The summed E-state index contributed by atoms with van der Waals surface area (Å²) in [5, 5.41) is 8.31. The Morgan fingerprint density at radius 2 is 2.00 bits per heavy atom. The highest BCUT2D eigenvalue weighted by Crippen LogP contribution is 2.26. The average molecular weight is 309 g/mol. The van der Waals surface area contributed by atoms with Crippen molar-refractivity contribution < 1.29 is 18.3 Å². The molecule has 114 valence electrons. The van der Waals surface area contributed by atoms with Crippen LogP contribution in [0.15, 0.2) is 24.3 Å². The summed E-state index contributed by atoms with van der Waals surface area (Å²) in [5.41, 5.74) is 2.09. The van der Waals surface area contributed by atoms with E-state index in [0.29, 0.717) is 18.5 Å². The highest BCUT2D eigenvalue weighted by atomic mass is 32.2. The Hall–Kier alpha value is -1.82. The van der Waals surface area contributed by atoms with Gasteiger partial charge in [-0.15, -0.1) is 0 Å². The maximum Gasteiger partial charge on any atom is 0.328 e. The molecule has 1 aliphatic rings. The Labute approximate surface area is 124 Å². The number of rotatable bonds is 5. The van der Waals surface area contributed by atoms with Crippen molar-refractivity contribution >= 4 is 27.8 Å². The molecule has 0 heterocycles. The molecule has 0 radical (unpaired) electrons. The number of benzene rings is 1. The van der Waals surface area contributed by atoms with E-state index in [0.717, 1.165) is 30.0 Å². The molecular formula is C15H19NO4S. The van der Waals surface area contributed by atoms with Crippen molar-refractivity contribution in [1.82, 2.24) is 0 Å². The Balaban J connectivity index is 2.15. The van der Waals surface area contributed by atoms with Gasteiger partial charge in [-0.1, -0.05) is 18.9 Å². The second-order valence-corrected chi connectivity index (χ2v) is 7.26. The number of anilines is 1. The third-order valence-electron chi connectivity index (χ3n) is 3.68. The van der Waals surface area contributed by atoms with Crippen LogP contribution in [0.5, 0.6) is 0 Å². The first-order chi connectivity index (χ1) is 9.88. The number of hydrogen-bond acceptors (Lipinski definition) is 3. The molecule has 6 heteroatoms. The standard InChI is InChI=1S/C15H19NO4S/c1-11-10-13(8-6-12(11)7-9-15(17)18)16-21(19,20)14-4-2-3-5-14/h6-10,14,16H,2-5H2,1H3,(H,17,18)/b9-7+. The summed E-state index contributed by atoms with van der Waals surface area (Å²) in [5.74, 6) is -1.01. The van der Waals surface area contributed by atoms with Gasteiger partial charge in [-0.3, -0.25) is 4.72 Å². The predicted octanol–water partition coefficient (Wildman–Crippen LogP) is 2.78. The van der Waals surface area contributed by atoms with E-state index in [1.807, 2.05) is 6.92 Å². The maximum absolute atomic E-state index is 12.2. The lowest BCUT2D eigenvalue weighted by Crippen LogP contribution is -2.25. The smallest absolute Gasteiger partial charge is 0.328 e. The Morgan fingerprint density at radius 3 is 2.57 bits per heavy atom. The summed E-state index contributed by atoms with van der Waals surface area (Å²) < 4.78 is 27.0. The lowest BCUT2D eigenvalue weighted by molar-refractivity contribution is -0.131. The van der Waals surface area contributed by atoms with Crippen LogP contribution in [0.2, 0.25) is 0 Å². The predicted molar refractivity (Wildman–Crippen MR) is 82.6 cm³/mol. The zero-order valence-electron chi connectivity index (χ0n) is 11.9. The summed E-state index contributed by atoms with van der Waals surface area (Å²) in [4.78, 5) is 10.5.